The van der Waals surface area contributed by atoms with Gasteiger partial charge in [0.15, 0.2) is 5.65 Å². The molecular formula is C13H17N3S. The van der Waals surface area contributed by atoms with Gasteiger partial charge in [-0.05, 0) is 48.8 Å². The minimum atomic E-state index is 0.796. The third-order valence-corrected chi connectivity index (χ3v) is 4.48. The molecule has 2 aromatic heterocycles. The Labute approximate surface area is 106 Å². The molecule has 17 heavy (non-hydrogen) atoms. The van der Waals surface area contributed by atoms with Crippen LogP contribution in [0, 0.1) is 12.8 Å². The molecule has 90 valence electrons. The van der Waals surface area contributed by atoms with Crippen molar-refractivity contribution in [1.82, 2.24) is 14.6 Å². The Kier molecular flexibility index (Phi) is 3.05. The number of aryl methyl sites for hydroxylation is 1. The van der Waals surface area contributed by atoms with Crippen LogP contribution in [0.5, 0.6) is 0 Å². The second kappa shape index (κ2) is 4.69. The summed E-state index contributed by atoms with van der Waals surface area (Å²) in [7, 11) is 0. The first-order valence-electron chi connectivity index (χ1n) is 6.21. The third kappa shape index (κ3) is 2.32. The number of fused-ring (bicyclic) bond motifs is 1. The maximum absolute atomic E-state index is 4.34. The van der Waals surface area contributed by atoms with Crippen LogP contribution >= 0.6 is 11.8 Å². The van der Waals surface area contributed by atoms with E-state index in [1.165, 1.54) is 29.9 Å². The molecule has 0 N–H and O–H groups in total. The Morgan fingerprint density at radius 1 is 1.29 bits per heavy atom. The quantitative estimate of drug-likeness (QED) is 0.817. The SMILES string of the molecule is Cc1ccc2nnc(CC3CCSCC3)n2c1. The monoisotopic (exact) mass is 247 g/mol. The first-order chi connectivity index (χ1) is 8.33. The van der Waals surface area contributed by atoms with Gasteiger partial charge >= 0.3 is 0 Å². The number of thioether (sulfide) groups is 1. The predicted molar refractivity (Wildman–Crippen MR) is 71.5 cm³/mol. The molecule has 1 fully saturated rings. The first-order valence-corrected chi connectivity index (χ1v) is 7.36. The highest BCUT2D eigenvalue weighted by Crippen LogP contribution is 2.25. The van der Waals surface area contributed by atoms with Gasteiger partial charge in [0.25, 0.3) is 0 Å². The van der Waals surface area contributed by atoms with Gasteiger partial charge in [0.05, 0.1) is 0 Å². The van der Waals surface area contributed by atoms with Crippen molar-refractivity contribution in [1.29, 1.82) is 0 Å². The van der Waals surface area contributed by atoms with Crippen molar-refractivity contribution in [2.75, 3.05) is 11.5 Å². The van der Waals surface area contributed by atoms with Gasteiger partial charge < -0.3 is 0 Å². The lowest BCUT2D eigenvalue weighted by Crippen LogP contribution is -2.14. The highest BCUT2D eigenvalue weighted by Gasteiger charge is 2.17. The zero-order chi connectivity index (χ0) is 11.7. The van der Waals surface area contributed by atoms with Crippen LogP contribution in [0.25, 0.3) is 5.65 Å². The van der Waals surface area contributed by atoms with Crippen LogP contribution in [0.1, 0.15) is 24.2 Å². The summed E-state index contributed by atoms with van der Waals surface area (Å²) < 4.78 is 2.15. The maximum atomic E-state index is 4.34. The van der Waals surface area contributed by atoms with E-state index in [0.29, 0.717) is 0 Å². The lowest BCUT2D eigenvalue weighted by Gasteiger charge is -2.20. The average Bonchev–Trinajstić information content (AvgIpc) is 2.73. The molecular weight excluding hydrogens is 230 g/mol. The summed E-state index contributed by atoms with van der Waals surface area (Å²) in [5.74, 6) is 4.53. The third-order valence-electron chi connectivity index (χ3n) is 3.43. The van der Waals surface area contributed by atoms with E-state index in [1.54, 1.807) is 0 Å². The molecule has 0 amide bonds. The van der Waals surface area contributed by atoms with Gasteiger partial charge in [0.2, 0.25) is 0 Å². The van der Waals surface area contributed by atoms with Crippen LogP contribution < -0.4 is 0 Å². The Hall–Kier alpha value is -1.03. The van der Waals surface area contributed by atoms with Crippen molar-refractivity contribution in [3.05, 3.63) is 29.7 Å². The van der Waals surface area contributed by atoms with Crippen LogP contribution in [0.3, 0.4) is 0 Å². The van der Waals surface area contributed by atoms with Crippen LogP contribution in [0.15, 0.2) is 18.3 Å². The zero-order valence-corrected chi connectivity index (χ0v) is 10.9. The molecule has 0 aliphatic carbocycles. The smallest absolute Gasteiger partial charge is 0.160 e. The van der Waals surface area contributed by atoms with E-state index >= 15 is 0 Å². The van der Waals surface area contributed by atoms with Crippen molar-refractivity contribution < 1.29 is 0 Å². The van der Waals surface area contributed by atoms with Gasteiger partial charge in [-0.3, -0.25) is 4.40 Å². The van der Waals surface area contributed by atoms with Crippen molar-refractivity contribution in [3.63, 3.8) is 0 Å². The lowest BCUT2D eigenvalue weighted by atomic mass is 9.98. The minimum absolute atomic E-state index is 0.796. The highest BCUT2D eigenvalue weighted by atomic mass is 32.2. The Balaban J connectivity index is 1.86. The van der Waals surface area contributed by atoms with Crippen LogP contribution in [0.4, 0.5) is 0 Å². The molecule has 2 aromatic rings. The van der Waals surface area contributed by atoms with E-state index in [2.05, 4.69) is 45.5 Å². The van der Waals surface area contributed by atoms with Gasteiger partial charge in [0, 0.05) is 12.6 Å². The summed E-state index contributed by atoms with van der Waals surface area (Å²) in [6.45, 7) is 2.11. The van der Waals surface area contributed by atoms with Crippen LogP contribution in [0.2, 0.25) is 0 Å². The summed E-state index contributed by atoms with van der Waals surface area (Å²) in [5, 5.41) is 8.57. The normalized spacial score (nSPS) is 17.7. The number of rotatable bonds is 2. The van der Waals surface area contributed by atoms with Crippen LogP contribution in [-0.4, -0.2) is 26.1 Å². The second-order valence-electron chi connectivity index (χ2n) is 4.81. The van der Waals surface area contributed by atoms with E-state index in [0.717, 1.165) is 23.8 Å². The largest absolute Gasteiger partial charge is 0.286 e. The van der Waals surface area contributed by atoms with Gasteiger partial charge in [-0.1, -0.05) is 6.07 Å². The second-order valence-corrected chi connectivity index (χ2v) is 6.04. The van der Waals surface area contributed by atoms with Gasteiger partial charge in [-0.25, -0.2) is 0 Å². The molecule has 3 heterocycles. The molecule has 1 saturated heterocycles. The van der Waals surface area contributed by atoms with E-state index in [4.69, 9.17) is 0 Å². The molecule has 0 bridgehead atoms. The van der Waals surface area contributed by atoms with E-state index in [9.17, 15) is 0 Å². The van der Waals surface area contributed by atoms with Crippen molar-refractivity contribution in [2.45, 2.75) is 26.2 Å². The van der Waals surface area contributed by atoms with E-state index in [-0.39, 0.29) is 0 Å². The Morgan fingerprint density at radius 3 is 2.94 bits per heavy atom. The van der Waals surface area contributed by atoms with Gasteiger partial charge in [-0.2, -0.15) is 11.8 Å². The molecule has 1 aliphatic heterocycles. The molecule has 3 rings (SSSR count). The van der Waals surface area contributed by atoms with E-state index in [1.807, 2.05) is 6.07 Å². The number of hydrogen-bond donors (Lipinski definition) is 0. The molecule has 0 spiro atoms. The number of nitrogens with zero attached hydrogens (tertiary/aromatic N) is 3. The van der Waals surface area contributed by atoms with Crippen molar-refractivity contribution >= 4 is 17.4 Å². The van der Waals surface area contributed by atoms with E-state index < -0.39 is 0 Å². The maximum Gasteiger partial charge on any atom is 0.160 e. The van der Waals surface area contributed by atoms with Crippen molar-refractivity contribution in [3.8, 4) is 0 Å². The minimum Gasteiger partial charge on any atom is -0.286 e. The average molecular weight is 247 g/mol. The summed E-state index contributed by atoms with van der Waals surface area (Å²) in [4.78, 5) is 0. The standard InChI is InChI=1S/C13H17N3S/c1-10-2-3-12-14-15-13(16(12)9-10)8-11-4-6-17-7-5-11/h2-3,9,11H,4-8H2,1H3. The Morgan fingerprint density at radius 2 is 2.12 bits per heavy atom. The fourth-order valence-electron chi connectivity index (χ4n) is 2.39. The molecule has 0 unspecified atom stereocenters. The molecule has 0 atom stereocenters. The predicted octanol–water partition coefficient (Wildman–Crippen LogP) is 2.72. The molecule has 0 saturated carbocycles. The number of aromatic nitrogens is 3. The topological polar surface area (TPSA) is 30.2 Å². The fraction of sp³-hybridized carbons (Fsp3) is 0.538. The van der Waals surface area contributed by atoms with Crippen LogP contribution in [-0.2, 0) is 6.42 Å². The molecule has 1 aliphatic rings. The van der Waals surface area contributed by atoms with Crippen molar-refractivity contribution in [2.24, 2.45) is 5.92 Å². The zero-order valence-electron chi connectivity index (χ0n) is 10.1. The van der Waals surface area contributed by atoms with Gasteiger partial charge in [0.1, 0.15) is 5.82 Å². The fourth-order valence-corrected chi connectivity index (χ4v) is 3.60. The lowest BCUT2D eigenvalue weighted by molar-refractivity contribution is 0.474. The van der Waals surface area contributed by atoms with Gasteiger partial charge in [-0.15, -0.1) is 10.2 Å². The molecule has 4 heteroatoms. The number of hydrogen-bond acceptors (Lipinski definition) is 3. The summed E-state index contributed by atoms with van der Waals surface area (Å²) >= 11 is 2.07. The summed E-state index contributed by atoms with van der Waals surface area (Å²) in [5.41, 5.74) is 2.23. The Bertz CT molecular complexity index is 514. The molecule has 3 nitrogen and oxygen atoms in total. The summed E-state index contributed by atoms with van der Waals surface area (Å²) in [6, 6.07) is 4.13. The molecule has 0 aromatic carbocycles. The summed E-state index contributed by atoms with van der Waals surface area (Å²) in [6.07, 6.45) is 5.87. The highest BCUT2D eigenvalue weighted by molar-refractivity contribution is 7.99. The first kappa shape index (κ1) is 11.1. The number of pyridine rings is 1. The molecule has 0 radical (unpaired) electrons.